The Kier molecular flexibility index (Phi) is 7.73. The number of ether oxygens (including phenoxy) is 1. The normalized spacial score (nSPS) is 21.8. The highest BCUT2D eigenvalue weighted by molar-refractivity contribution is 5.68. The molecule has 1 amide bonds. The molecule has 1 aliphatic carbocycles. The van der Waals surface area contributed by atoms with Gasteiger partial charge in [0.25, 0.3) is 0 Å². The van der Waals surface area contributed by atoms with E-state index in [-0.39, 0.29) is 11.8 Å². The molecule has 1 aromatic rings. The van der Waals surface area contributed by atoms with Gasteiger partial charge >= 0.3 is 18.2 Å². The lowest BCUT2D eigenvalue weighted by Crippen LogP contribution is -2.58. The van der Waals surface area contributed by atoms with Gasteiger partial charge in [0.2, 0.25) is 0 Å². The van der Waals surface area contributed by atoms with E-state index in [0.29, 0.717) is 38.6 Å². The van der Waals surface area contributed by atoms with E-state index in [1.807, 2.05) is 0 Å². The topological polar surface area (TPSA) is 73.3 Å². The largest absolute Gasteiger partial charge is 0.481 e. The van der Waals surface area contributed by atoms with E-state index >= 15 is 0 Å². The van der Waals surface area contributed by atoms with Crippen LogP contribution < -0.4 is 4.90 Å². The van der Waals surface area contributed by atoms with Crippen molar-refractivity contribution in [2.75, 3.05) is 44.2 Å². The van der Waals surface area contributed by atoms with Crippen molar-refractivity contribution in [3.05, 3.63) is 29.3 Å². The minimum Gasteiger partial charge on any atom is -0.481 e. The second kappa shape index (κ2) is 10.5. The van der Waals surface area contributed by atoms with Crippen molar-refractivity contribution in [2.45, 2.75) is 64.8 Å². The van der Waals surface area contributed by atoms with Crippen molar-refractivity contribution >= 4 is 17.7 Å². The third-order valence-electron chi connectivity index (χ3n) is 8.03. The molecule has 10 heteroatoms. The molecule has 3 fully saturated rings. The first-order chi connectivity index (χ1) is 16.9. The van der Waals surface area contributed by atoms with Gasteiger partial charge in [-0.15, -0.1) is 0 Å². The summed E-state index contributed by atoms with van der Waals surface area (Å²) in [5, 5.41) is 9.08. The van der Waals surface area contributed by atoms with Gasteiger partial charge in [0.05, 0.1) is 0 Å². The maximum Gasteiger partial charge on any atom is 0.425 e. The molecule has 3 aliphatic rings. The number of rotatable bonds is 6. The molecule has 2 saturated heterocycles. The number of aliphatic carboxylic acids is 1. The minimum atomic E-state index is -4.56. The van der Waals surface area contributed by atoms with Gasteiger partial charge in [0.15, 0.2) is 6.10 Å². The van der Waals surface area contributed by atoms with Gasteiger partial charge < -0.3 is 19.6 Å². The predicted molar refractivity (Wildman–Crippen MR) is 129 cm³/mol. The van der Waals surface area contributed by atoms with Gasteiger partial charge in [-0.25, -0.2) is 4.79 Å². The number of carboxylic acids is 1. The number of aryl methyl sites for hydroxylation is 1. The first kappa shape index (κ1) is 26.6. The molecule has 1 atom stereocenters. The monoisotopic (exact) mass is 511 g/mol. The van der Waals surface area contributed by atoms with E-state index < -0.39 is 24.3 Å². The van der Waals surface area contributed by atoms with Crippen LogP contribution in [0.5, 0.6) is 0 Å². The van der Waals surface area contributed by atoms with Crippen molar-refractivity contribution in [2.24, 2.45) is 11.3 Å². The molecule has 2 heterocycles. The maximum atomic E-state index is 12.7. The smallest absolute Gasteiger partial charge is 0.425 e. The Morgan fingerprint density at radius 1 is 1.14 bits per heavy atom. The fourth-order valence-corrected chi connectivity index (χ4v) is 5.72. The lowest BCUT2D eigenvalue weighted by molar-refractivity contribution is -0.200. The van der Waals surface area contributed by atoms with Crippen LogP contribution in [0.1, 0.15) is 50.2 Å². The number of amides is 1. The van der Waals surface area contributed by atoms with Crippen molar-refractivity contribution in [1.82, 2.24) is 9.80 Å². The highest BCUT2D eigenvalue weighted by atomic mass is 19.4. The first-order valence-corrected chi connectivity index (χ1v) is 12.7. The molecule has 4 rings (SSSR count). The van der Waals surface area contributed by atoms with Crippen LogP contribution in [-0.2, 0) is 16.1 Å². The molecule has 7 nitrogen and oxygen atoms in total. The van der Waals surface area contributed by atoms with Gasteiger partial charge in [-0.1, -0.05) is 12.1 Å². The second-order valence-electron chi connectivity index (χ2n) is 10.9. The van der Waals surface area contributed by atoms with E-state index in [0.717, 1.165) is 45.7 Å². The number of carboxylic acid groups (broad SMARTS) is 1. The zero-order valence-corrected chi connectivity index (χ0v) is 21.0. The van der Waals surface area contributed by atoms with E-state index in [2.05, 4.69) is 39.7 Å². The Hall–Kier alpha value is -2.49. The predicted octanol–water partition coefficient (Wildman–Crippen LogP) is 4.67. The standard InChI is InChI=1S/C26H36F3N3O4/c1-18-3-4-21(15-30-9-11-31(12-10-30)24(35)36-19(2)26(27,28)29)22(13-18)32-16-25(17-32)7-5-20(6-8-25)14-23(33)34/h3-4,13,19-20H,5-12,14-17H2,1-2H3,(H,33,34). The molecule has 0 aromatic heterocycles. The lowest BCUT2D eigenvalue weighted by Gasteiger charge is -2.55. The summed E-state index contributed by atoms with van der Waals surface area (Å²) < 4.78 is 42.7. The van der Waals surface area contributed by atoms with Gasteiger partial charge in [-0.2, -0.15) is 13.2 Å². The molecule has 1 aromatic carbocycles. The molecule has 1 saturated carbocycles. The zero-order valence-electron chi connectivity index (χ0n) is 21.0. The number of hydrogen-bond donors (Lipinski definition) is 1. The fourth-order valence-electron chi connectivity index (χ4n) is 5.72. The van der Waals surface area contributed by atoms with Crippen LogP contribution in [0.25, 0.3) is 0 Å². The molecule has 0 bridgehead atoms. The molecular weight excluding hydrogens is 475 g/mol. The van der Waals surface area contributed by atoms with E-state index in [1.54, 1.807) is 0 Å². The first-order valence-electron chi connectivity index (χ1n) is 12.7. The van der Waals surface area contributed by atoms with Crippen LogP contribution >= 0.6 is 0 Å². The lowest BCUT2D eigenvalue weighted by atomic mass is 9.65. The summed E-state index contributed by atoms with van der Waals surface area (Å²) in [5.74, 6) is -0.409. The molecule has 200 valence electrons. The van der Waals surface area contributed by atoms with Gasteiger partial charge in [0, 0.05) is 63.3 Å². The van der Waals surface area contributed by atoms with Gasteiger partial charge in [0.1, 0.15) is 0 Å². The molecule has 1 N–H and O–H groups in total. The van der Waals surface area contributed by atoms with E-state index in [1.165, 1.54) is 21.7 Å². The SMILES string of the molecule is Cc1ccc(CN2CCN(C(=O)OC(C)C(F)(F)F)CC2)c(N2CC3(CCC(CC(=O)O)CC3)C2)c1. The molecular formula is C26H36F3N3O4. The molecule has 36 heavy (non-hydrogen) atoms. The summed E-state index contributed by atoms with van der Waals surface area (Å²) >= 11 is 0. The molecule has 1 spiro atoms. The van der Waals surface area contributed by atoms with Gasteiger partial charge in [-0.3, -0.25) is 9.69 Å². The molecule has 1 unspecified atom stereocenters. The van der Waals surface area contributed by atoms with Crippen LogP contribution in [0.15, 0.2) is 18.2 Å². The number of alkyl halides is 3. The Balaban J connectivity index is 1.30. The average Bonchev–Trinajstić information content (AvgIpc) is 2.79. The fraction of sp³-hybridized carbons (Fsp3) is 0.692. The van der Waals surface area contributed by atoms with Crippen LogP contribution in [0.2, 0.25) is 0 Å². The number of carbonyl (C=O) groups excluding carboxylic acids is 1. The van der Waals surface area contributed by atoms with E-state index in [4.69, 9.17) is 5.11 Å². The van der Waals surface area contributed by atoms with Crippen molar-refractivity contribution in [3.63, 3.8) is 0 Å². The van der Waals surface area contributed by atoms with Crippen molar-refractivity contribution in [3.8, 4) is 0 Å². The minimum absolute atomic E-state index is 0.272. The highest BCUT2D eigenvalue weighted by Gasteiger charge is 2.46. The van der Waals surface area contributed by atoms with Crippen LogP contribution in [-0.4, -0.2) is 78.5 Å². The summed E-state index contributed by atoms with van der Waals surface area (Å²) in [6, 6.07) is 6.45. The number of halogens is 3. The Labute approximate surface area is 210 Å². The average molecular weight is 512 g/mol. The van der Waals surface area contributed by atoms with Crippen LogP contribution in [0, 0.1) is 18.3 Å². The summed E-state index contributed by atoms with van der Waals surface area (Å²) in [6.45, 7) is 7.39. The maximum absolute atomic E-state index is 12.7. The highest BCUT2D eigenvalue weighted by Crippen LogP contribution is 2.48. The van der Waals surface area contributed by atoms with E-state index in [9.17, 15) is 22.8 Å². The summed E-state index contributed by atoms with van der Waals surface area (Å²) in [7, 11) is 0. The summed E-state index contributed by atoms with van der Waals surface area (Å²) in [4.78, 5) is 29.1. The Morgan fingerprint density at radius 3 is 2.36 bits per heavy atom. The molecule has 2 aliphatic heterocycles. The number of hydrogen-bond acceptors (Lipinski definition) is 5. The number of nitrogens with zero attached hydrogens (tertiary/aromatic N) is 3. The third kappa shape index (κ3) is 6.25. The third-order valence-corrected chi connectivity index (χ3v) is 8.03. The quantitative estimate of drug-likeness (QED) is 0.599. The van der Waals surface area contributed by atoms with Crippen LogP contribution in [0.4, 0.5) is 23.7 Å². The van der Waals surface area contributed by atoms with Gasteiger partial charge in [-0.05, 0) is 62.6 Å². The van der Waals surface area contributed by atoms with Crippen molar-refractivity contribution < 1.29 is 32.6 Å². The Morgan fingerprint density at radius 2 is 1.78 bits per heavy atom. The van der Waals surface area contributed by atoms with Crippen molar-refractivity contribution in [1.29, 1.82) is 0 Å². The van der Waals surface area contributed by atoms with Crippen LogP contribution in [0.3, 0.4) is 0 Å². The summed E-state index contributed by atoms with van der Waals surface area (Å²) in [6.07, 6.45) is -3.21. The molecule has 0 radical (unpaired) electrons. The summed E-state index contributed by atoms with van der Waals surface area (Å²) in [5.41, 5.74) is 3.90. The number of piperazine rings is 1. The Bertz CT molecular complexity index is 946. The number of benzene rings is 1. The zero-order chi connectivity index (χ0) is 26.1. The second-order valence-corrected chi connectivity index (χ2v) is 10.9. The number of anilines is 1. The number of carbonyl (C=O) groups is 2.